The predicted octanol–water partition coefficient (Wildman–Crippen LogP) is 2.45. The molecule has 0 saturated carbocycles. The molecule has 1 N–H and O–H groups in total. The van der Waals surface area contributed by atoms with E-state index in [1.165, 1.54) is 19.3 Å². The van der Waals surface area contributed by atoms with Crippen molar-refractivity contribution in [1.82, 2.24) is 15.3 Å². The molecule has 0 saturated heterocycles. The Labute approximate surface area is 92.3 Å². The molecule has 0 aliphatic carbocycles. The monoisotopic (exact) mass is 207 g/mol. The average Bonchev–Trinajstić information content (AvgIpc) is 2.25. The molecule has 0 amide bonds. The summed E-state index contributed by atoms with van der Waals surface area (Å²) >= 11 is 0. The van der Waals surface area contributed by atoms with E-state index >= 15 is 0 Å². The van der Waals surface area contributed by atoms with Gasteiger partial charge in [0.25, 0.3) is 0 Å². The number of unbranched alkanes of at least 4 members (excludes halogenated alkanes) is 1. The highest BCUT2D eigenvalue weighted by Crippen LogP contribution is 2.01. The number of hydrogen-bond acceptors (Lipinski definition) is 3. The maximum Gasteiger partial charge on any atom is 0.0724 e. The molecule has 3 nitrogen and oxygen atoms in total. The molecule has 15 heavy (non-hydrogen) atoms. The van der Waals surface area contributed by atoms with Crippen LogP contribution in [0.3, 0.4) is 0 Å². The van der Waals surface area contributed by atoms with Gasteiger partial charge >= 0.3 is 0 Å². The van der Waals surface area contributed by atoms with Crippen molar-refractivity contribution in [2.75, 3.05) is 0 Å². The molecule has 1 aromatic heterocycles. The van der Waals surface area contributed by atoms with E-state index in [1.54, 1.807) is 0 Å². The normalized spacial score (nSPS) is 12.7. The minimum atomic E-state index is 0.563. The first-order valence-electron chi connectivity index (χ1n) is 5.73. The van der Waals surface area contributed by atoms with Gasteiger partial charge in [-0.15, -0.1) is 0 Å². The Morgan fingerprint density at radius 2 is 2.13 bits per heavy atom. The van der Waals surface area contributed by atoms with Gasteiger partial charge < -0.3 is 5.32 Å². The number of rotatable bonds is 6. The minimum absolute atomic E-state index is 0.563. The molecule has 3 heteroatoms. The Kier molecular flexibility index (Phi) is 5.26. The molecule has 0 fully saturated rings. The molecule has 1 aromatic rings. The Morgan fingerprint density at radius 1 is 1.33 bits per heavy atom. The molecular formula is C12H21N3. The van der Waals surface area contributed by atoms with Crippen molar-refractivity contribution in [3.05, 3.63) is 23.8 Å². The summed E-state index contributed by atoms with van der Waals surface area (Å²) in [7, 11) is 0. The molecule has 1 atom stereocenters. The molecule has 0 aliphatic rings. The molecule has 1 rings (SSSR count). The summed E-state index contributed by atoms with van der Waals surface area (Å²) in [5, 5.41) is 3.45. The number of aromatic nitrogens is 2. The summed E-state index contributed by atoms with van der Waals surface area (Å²) in [4.78, 5) is 8.52. The Morgan fingerprint density at radius 3 is 2.73 bits per heavy atom. The van der Waals surface area contributed by atoms with Crippen molar-refractivity contribution >= 4 is 0 Å². The Balaban J connectivity index is 2.27. The van der Waals surface area contributed by atoms with Gasteiger partial charge in [0.05, 0.1) is 11.4 Å². The van der Waals surface area contributed by atoms with E-state index in [0.717, 1.165) is 17.9 Å². The van der Waals surface area contributed by atoms with Gasteiger partial charge in [0.1, 0.15) is 0 Å². The van der Waals surface area contributed by atoms with Crippen molar-refractivity contribution in [3.63, 3.8) is 0 Å². The predicted molar refractivity (Wildman–Crippen MR) is 62.6 cm³/mol. The first kappa shape index (κ1) is 12.1. The summed E-state index contributed by atoms with van der Waals surface area (Å²) < 4.78 is 0. The van der Waals surface area contributed by atoms with Gasteiger partial charge in [-0.3, -0.25) is 9.97 Å². The average molecular weight is 207 g/mol. The molecule has 1 heterocycles. The molecule has 0 radical (unpaired) electrons. The molecular weight excluding hydrogens is 186 g/mol. The standard InChI is InChI=1S/C12H21N3/c1-4-5-6-10(2)13-8-12-9-14-11(3)7-15-12/h7,9-10,13H,4-6,8H2,1-3H3. The molecule has 1 unspecified atom stereocenters. The summed E-state index contributed by atoms with van der Waals surface area (Å²) in [6.45, 7) is 7.21. The summed E-state index contributed by atoms with van der Waals surface area (Å²) in [6.07, 6.45) is 7.43. The van der Waals surface area contributed by atoms with E-state index in [2.05, 4.69) is 29.1 Å². The minimum Gasteiger partial charge on any atom is -0.309 e. The van der Waals surface area contributed by atoms with Crippen LogP contribution >= 0.6 is 0 Å². The van der Waals surface area contributed by atoms with E-state index in [-0.39, 0.29) is 0 Å². The van der Waals surface area contributed by atoms with E-state index in [1.807, 2.05) is 19.3 Å². The highest BCUT2D eigenvalue weighted by molar-refractivity contribution is 5.00. The fourth-order valence-electron chi connectivity index (χ4n) is 1.40. The SMILES string of the molecule is CCCCC(C)NCc1cnc(C)cn1. The van der Waals surface area contributed by atoms with E-state index in [0.29, 0.717) is 6.04 Å². The quantitative estimate of drug-likeness (QED) is 0.778. The van der Waals surface area contributed by atoms with Crippen LogP contribution in [0.5, 0.6) is 0 Å². The second-order valence-corrected chi connectivity index (χ2v) is 4.07. The Hall–Kier alpha value is -0.960. The smallest absolute Gasteiger partial charge is 0.0724 e. The lowest BCUT2D eigenvalue weighted by molar-refractivity contribution is 0.491. The zero-order chi connectivity index (χ0) is 11.1. The highest BCUT2D eigenvalue weighted by atomic mass is 14.9. The van der Waals surface area contributed by atoms with Crippen LogP contribution in [-0.4, -0.2) is 16.0 Å². The first-order valence-corrected chi connectivity index (χ1v) is 5.73. The van der Waals surface area contributed by atoms with Crippen LogP contribution in [0.25, 0.3) is 0 Å². The molecule has 0 spiro atoms. The number of nitrogens with one attached hydrogen (secondary N) is 1. The second kappa shape index (κ2) is 6.51. The largest absolute Gasteiger partial charge is 0.309 e. The topological polar surface area (TPSA) is 37.8 Å². The van der Waals surface area contributed by atoms with Crippen molar-refractivity contribution < 1.29 is 0 Å². The summed E-state index contributed by atoms with van der Waals surface area (Å²) in [6, 6.07) is 0.563. The number of nitrogens with zero attached hydrogens (tertiary/aromatic N) is 2. The zero-order valence-electron chi connectivity index (χ0n) is 9.95. The lowest BCUT2D eigenvalue weighted by atomic mass is 10.1. The third-order valence-electron chi connectivity index (χ3n) is 2.46. The maximum absolute atomic E-state index is 4.31. The highest BCUT2D eigenvalue weighted by Gasteiger charge is 2.01. The van der Waals surface area contributed by atoms with Crippen LogP contribution in [-0.2, 0) is 6.54 Å². The van der Waals surface area contributed by atoms with Gasteiger partial charge in [-0.25, -0.2) is 0 Å². The van der Waals surface area contributed by atoms with Gasteiger partial charge in [0, 0.05) is 25.0 Å². The molecule has 84 valence electrons. The number of aryl methyl sites for hydroxylation is 1. The third kappa shape index (κ3) is 4.88. The van der Waals surface area contributed by atoms with Gasteiger partial charge in [-0.2, -0.15) is 0 Å². The van der Waals surface area contributed by atoms with Gasteiger partial charge in [-0.05, 0) is 20.3 Å². The van der Waals surface area contributed by atoms with Crippen molar-refractivity contribution in [1.29, 1.82) is 0 Å². The van der Waals surface area contributed by atoms with Crippen LogP contribution in [0.2, 0.25) is 0 Å². The lowest BCUT2D eigenvalue weighted by Gasteiger charge is -2.12. The maximum atomic E-state index is 4.31. The molecule has 0 bridgehead atoms. The van der Waals surface area contributed by atoms with Crippen molar-refractivity contribution in [2.45, 2.75) is 52.6 Å². The summed E-state index contributed by atoms with van der Waals surface area (Å²) in [5.41, 5.74) is 1.99. The third-order valence-corrected chi connectivity index (χ3v) is 2.46. The second-order valence-electron chi connectivity index (χ2n) is 4.07. The van der Waals surface area contributed by atoms with Crippen LogP contribution in [0, 0.1) is 6.92 Å². The van der Waals surface area contributed by atoms with Gasteiger partial charge in [0.15, 0.2) is 0 Å². The van der Waals surface area contributed by atoms with Gasteiger partial charge in [0.2, 0.25) is 0 Å². The van der Waals surface area contributed by atoms with Crippen LogP contribution < -0.4 is 5.32 Å². The van der Waals surface area contributed by atoms with Crippen molar-refractivity contribution in [2.24, 2.45) is 0 Å². The molecule has 0 aromatic carbocycles. The van der Waals surface area contributed by atoms with E-state index in [9.17, 15) is 0 Å². The fourth-order valence-corrected chi connectivity index (χ4v) is 1.40. The van der Waals surface area contributed by atoms with Crippen LogP contribution in [0.15, 0.2) is 12.4 Å². The number of hydrogen-bond donors (Lipinski definition) is 1. The zero-order valence-corrected chi connectivity index (χ0v) is 9.95. The summed E-state index contributed by atoms with van der Waals surface area (Å²) in [5.74, 6) is 0. The van der Waals surface area contributed by atoms with Crippen LogP contribution in [0.1, 0.15) is 44.5 Å². The van der Waals surface area contributed by atoms with Crippen LogP contribution in [0.4, 0.5) is 0 Å². The Bertz CT molecular complexity index is 269. The van der Waals surface area contributed by atoms with E-state index < -0.39 is 0 Å². The fraction of sp³-hybridized carbons (Fsp3) is 0.667. The molecule has 0 aliphatic heterocycles. The lowest BCUT2D eigenvalue weighted by Crippen LogP contribution is -2.25. The van der Waals surface area contributed by atoms with E-state index in [4.69, 9.17) is 0 Å². The van der Waals surface area contributed by atoms with Crippen molar-refractivity contribution in [3.8, 4) is 0 Å². The first-order chi connectivity index (χ1) is 7.22. The van der Waals surface area contributed by atoms with Gasteiger partial charge in [-0.1, -0.05) is 19.8 Å².